The van der Waals surface area contributed by atoms with Crippen LogP contribution in [0.1, 0.15) is 63.3 Å². The van der Waals surface area contributed by atoms with Crippen molar-refractivity contribution in [1.29, 1.82) is 0 Å². The predicted octanol–water partition coefficient (Wildman–Crippen LogP) is 2.65. The second-order valence-electron chi connectivity index (χ2n) is 7.52. The number of carbonyl (C=O) groups is 2. The standard InChI is InChI=1S/C21H24N4O3/c1-12-8-15(9-24-20(12)28-11-14-4-5-14)13(2)25-10-17-16(21(25)27)6-7-23-18(17)19(26)22-3/h6-9,13-14H,4-5,10-11H2,1-3H3,(H,22,26). The van der Waals surface area contributed by atoms with Crippen molar-refractivity contribution < 1.29 is 14.3 Å². The number of amides is 2. The summed E-state index contributed by atoms with van der Waals surface area (Å²) >= 11 is 0. The van der Waals surface area contributed by atoms with Gasteiger partial charge in [-0.15, -0.1) is 0 Å². The van der Waals surface area contributed by atoms with Crippen LogP contribution in [0.15, 0.2) is 24.5 Å². The number of fused-ring (bicyclic) bond motifs is 1. The van der Waals surface area contributed by atoms with Crippen molar-refractivity contribution in [3.63, 3.8) is 0 Å². The van der Waals surface area contributed by atoms with E-state index in [1.54, 1.807) is 24.2 Å². The molecule has 2 aromatic rings. The molecular weight excluding hydrogens is 356 g/mol. The smallest absolute Gasteiger partial charge is 0.269 e. The third kappa shape index (κ3) is 3.32. The molecule has 2 aliphatic rings. The molecule has 0 bridgehead atoms. The molecule has 0 spiro atoms. The van der Waals surface area contributed by atoms with Gasteiger partial charge in [-0.25, -0.2) is 4.98 Å². The molecular formula is C21H24N4O3. The number of hydrogen-bond donors (Lipinski definition) is 1. The van der Waals surface area contributed by atoms with Crippen molar-refractivity contribution in [2.24, 2.45) is 5.92 Å². The maximum atomic E-state index is 12.9. The molecule has 0 radical (unpaired) electrons. The SMILES string of the molecule is CNC(=O)c1nccc2c1CN(C(C)c1cnc(OCC3CC3)c(C)c1)C2=O. The van der Waals surface area contributed by atoms with Crippen LogP contribution in [0.25, 0.3) is 0 Å². The number of hydrogen-bond acceptors (Lipinski definition) is 5. The molecule has 3 heterocycles. The molecule has 7 heteroatoms. The monoisotopic (exact) mass is 380 g/mol. The third-order valence-corrected chi connectivity index (χ3v) is 5.47. The second kappa shape index (κ2) is 7.22. The molecule has 1 fully saturated rings. The number of aryl methyl sites for hydroxylation is 1. The van der Waals surface area contributed by atoms with Crippen LogP contribution in [-0.2, 0) is 6.54 Å². The highest BCUT2D eigenvalue weighted by Crippen LogP contribution is 2.34. The highest BCUT2D eigenvalue weighted by Gasteiger charge is 2.35. The largest absolute Gasteiger partial charge is 0.477 e. The average Bonchev–Trinajstić information content (AvgIpc) is 3.48. The maximum absolute atomic E-state index is 12.9. The number of carbonyl (C=O) groups excluding carboxylic acids is 2. The minimum absolute atomic E-state index is 0.0956. The summed E-state index contributed by atoms with van der Waals surface area (Å²) in [6.07, 6.45) is 5.75. The molecule has 1 saturated carbocycles. The van der Waals surface area contributed by atoms with Crippen molar-refractivity contribution in [3.05, 3.63) is 52.5 Å². The van der Waals surface area contributed by atoms with E-state index in [1.807, 2.05) is 19.9 Å². The van der Waals surface area contributed by atoms with Crippen molar-refractivity contribution in [2.45, 2.75) is 39.3 Å². The molecule has 0 saturated heterocycles. The molecule has 2 aromatic heterocycles. The summed E-state index contributed by atoms with van der Waals surface area (Å²) in [5.41, 5.74) is 3.41. The molecule has 1 aliphatic heterocycles. The van der Waals surface area contributed by atoms with E-state index in [-0.39, 0.29) is 17.9 Å². The number of nitrogens with zero attached hydrogens (tertiary/aromatic N) is 3. The number of ether oxygens (including phenoxy) is 1. The molecule has 1 aliphatic carbocycles. The van der Waals surface area contributed by atoms with Gasteiger partial charge in [-0.3, -0.25) is 14.6 Å². The number of nitrogens with one attached hydrogen (secondary N) is 1. The van der Waals surface area contributed by atoms with Crippen molar-refractivity contribution >= 4 is 11.8 Å². The summed E-state index contributed by atoms with van der Waals surface area (Å²) in [5, 5.41) is 2.58. The van der Waals surface area contributed by atoms with E-state index in [1.165, 1.54) is 19.0 Å². The molecule has 7 nitrogen and oxygen atoms in total. The minimum Gasteiger partial charge on any atom is -0.477 e. The van der Waals surface area contributed by atoms with Gasteiger partial charge >= 0.3 is 0 Å². The van der Waals surface area contributed by atoms with Crippen molar-refractivity contribution in [3.8, 4) is 5.88 Å². The van der Waals surface area contributed by atoms with Crippen molar-refractivity contribution in [1.82, 2.24) is 20.2 Å². The van der Waals surface area contributed by atoms with Crippen LogP contribution in [0.5, 0.6) is 5.88 Å². The molecule has 146 valence electrons. The van der Waals surface area contributed by atoms with Gasteiger partial charge in [-0.2, -0.15) is 0 Å². The molecule has 4 rings (SSSR count). The first-order chi connectivity index (χ1) is 13.5. The van der Waals surface area contributed by atoms with Crippen LogP contribution in [0, 0.1) is 12.8 Å². The number of pyridine rings is 2. The normalized spacial score (nSPS) is 16.7. The summed E-state index contributed by atoms with van der Waals surface area (Å²) in [4.78, 5) is 35.4. The van der Waals surface area contributed by atoms with Gasteiger partial charge in [0.25, 0.3) is 11.8 Å². The van der Waals surface area contributed by atoms with E-state index in [4.69, 9.17) is 4.74 Å². The van der Waals surface area contributed by atoms with E-state index in [0.29, 0.717) is 35.2 Å². The summed E-state index contributed by atoms with van der Waals surface area (Å²) in [7, 11) is 1.56. The summed E-state index contributed by atoms with van der Waals surface area (Å²) in [5.74, 6) is 0.948. The Bertz CT molecular complexity index is 939. The Labute approximate surface area is 164 Å². The summed E-state index contributed by atoms with van der Waals surface area (Å²) in [6.45, 7) is 5.01. The van der Waals surface area contributed by atoms with E-state index >= 15 is 0 Å². The van der Waals surface area contributed by atoms with Gasteiger partial charge in [0.05, 0.1) is 12.6 Å². The second-order valence-corrected chi connectivity index (χ2v) is 7.52. The first-order valence-electron chi connectivity index (χ1n) is 9.60. The zero-order valence-electron chi connectivity index (χ0n) is 16.4. The van der Waals surface area contributed by atoms with Crippen LogP contribution in [0.3, 0.4) is 0 Å². The summed E-state index contributed by atoms with van der Waals surface area (Å²) < 4.78 is 5.80. The lowest BCUT2D eigenvalue weighted by molar-refractivity contribution is 0.0714. The van der Waals surface area contributed by atoms with Gasteiger partial charge in [0.15, 0.2) is 0 Å². The van der Waals surface area contributed by atoms with E-state index in [9.17, 15) is 9.59 Å². The van der Waals surface area contributed by atoms with Gasteiger partial charge in [-0.05, 0) is 50.3 Å². The fourth-order valence-corrected chi connectivity index (χ4v) is 3.50. The van der Waals surface area contributed by atoms with E-state index in [0.717, 1.165) is 17.7 Å². The third-order valence-electron chi connectivity index (χ3n) is 5.47. The van der Waals surface area contributed by atoms with Crippen molar-refractivity contribution in [2.75, 3.05) is 13.7 Å². The van der Waals surface area contributed by atoms with Crippen LogP contribution in [0.2, 0.25) is 0 Å². The van der Waals surface area contributed by atoms with Gasteiger partial charge in [0.1, 0.15) is 5.69 Å². The molecule has 2 amide bonds. The quantitative estimate of drug-likeness (QED) is 0.833. The zero-order valence-corrected chi connectivity index (χ0v) is 16.4. The molecule has 0 aromatic carbocycles. The van der Waals surface area contributed by atoms with Gasteiger partial charge in [0.2, 0.25) is 5.88 Å². The molecule has 1 N–H and O–H groups in total. The van der Waals surface area contributed by atoms with Crippen LogP contribution < -0.4 is 10.1 Å². The molecule has 28 heavy (non-hydrogen) atoms. The lowest BCUT2D eigenvalue weighted by atomic mass is 10.1. The highest BCUT2D eigenvalue weighted by molar-refractivity contribution is 6.03. The summed E-state index contributed by atoms with van der Waals surface area (Å²) in [6, 6.07) is 3.52. The Morgan fingerprint density at radius 1 is 1.39 bits per heavy atom. The lowest BCUT2D eigenvalue weighted by Gasteiger charge is -2.25. The van der Waals surface area contributed by atoms with Gasteiger partial charge in [0, 0.05) is 42.7 Å². The lowest BCUT2D eigenvalue weighted by Crippen LogP contribution is -2.27. The van der Waals surface area contributed by atoms with Gasteiger partial charge < -0.3 is 15.0 Å². The zero-order chi connectivity index (χ0) is 19.8. The fourth-order valence-electron chi connectivity index (χ4n) is 3.50. The highest BCUT2D eigenvalue weighted by atomic mass is 16.5. The number of aromatic nitrogens is 2. The molecule has 1 unspecified atom stereocenters. The van der Waals surface area contributed by atoms with Gasteiger partial charge in [-0.1, -0.05) is 0 Å². The predicted molar refractivity (Wildman–Crippen MR) is 103 cm³/mol. The molecule has 1 atom stereocenters. The topological polar surface area (TPSA) is 84.4 Å². The first-order valence-corrected chi connectivity index (χ1v) is 9.60. The van der Waals surface area contributed by atoms with Crippen LogP contribution >= 0.6 is 0 Å². The Kier molecular flexibility index (Phi) is 4.75. The minimum atomic E-state index is -0.283. The Balaban J connectivity index is 1.55. The van der Waals surface area contributed by atoms with E-state index in [2.05, 4.69) is 15.3 Å². The maximum Gasteiger partial charge on any atom is 0.269 e. The Morgan fingerprint density at radius 2 is 2.18 bits per heavy atom. The van der Waals surface area contributed by atoms with Crippen LogP contribution in [-0.4, -0.2) is 40.3 Å². The number of rotatable bonds is 6. The fraction of sp³-hybridized carbons (Fsp3) is 0.429. The Morgan fingerprint density at radius 3 is 2.86 bits per heavy atom. The Hall–Kier alpha value is -2.96. The van der Waals surface area contributed by atoms with Crippen LogP contribution in [0.4, 0.5) is 0 Å². The first kappa shape index (κ1) is 18.4. The van der Waals surface area contributed by atoms with E-state index < -0.39 is 0 Å². The average molecular weight is 380 g/mol.